The molecule has 2 amide bonds. The zero-order valence-electron chi connectivity index (χ0n) is 17.1. The topological polar surface area (TPSA) is 94.9 Å². The molecule has 2 aliphatic rings. The molecule has 0 unspecified atom stereocenters. The molecule has 2 atom stereocenters. The van der Waals surface area contributed by atoms with E-state index in [0.717, 1.165) is 18.9 Å². The number of rotatable bonds is 3. The first-order valence-electron chi connectivity index (χ1n) is 9.97. The molecule has 31 heavy (non-hydrogen) atoms. The number of benzene rings is 1. The lowest BCUT2D eigenvalue weighted by Gasteiger charge is -2.41. The van der Waals surface area contributed by atoms with Crippen LogP contribution in [0.1, 0.15) is 53.1 Å². The molecular formula is C21H22F2N4O4. The minimum atomic E-state index is -0.988. The van der Waals surface area contributed by atoms with Gasteiger partial charge in [0.1, 0.15) is 23.9 Å². The number of carbonyl (C=O) groups is 2. The highest BCUT2D eigenvalue weighted by atomic mass is 19.1. The Morgan fingerprint density at radius 3 is 2.61 bits per heavy atom. The maximum absolute atomic E-state index is 13.8. The predicted molar refractivity (Wildman–Crippen MR) is 107 cm³/mol. The quantitative estimate of drug-likeness (QED) is 0.770. The Kier molecular flexibility index (Phi) is 5.16. The van der Waals surface area contributed by atoms with E-state index in [1.165, 1.54) is 16.9 Å². The number of amides is 2. The van der Waals surface area contributed by atoms with Crippen molar-refractivity contribution in [2.75, 3.05) is 11.7 Å². The second-order valence-corrected chi connectivity index (χ2v) is 7.96. The van der Waals surface area contributed by atoms with Gasteiger partial charge >= 0.3 is 0 Å². The van der Waals surface area contributed by atoms with Gasteiger partial charge in [-0.2, -0.15) is 0 Å². The number of aromatic nitrogens is 1. The SMILES string of the molecule is C[C@@H]1CC[C@@H](C)N2CN1C(=O)c1c(O)c(=O)c(C(=O)NCc3ccc(F)cc3F)cn12. The van der Waals surface area contributed by atoms with Crippen LogP contribution in [0.25, 0.3) is 0 Å². The number of hydrogen-bond donors (Lipinski definition) is 2. The summed E-state index contributed by atoms with van der Waals surface area (Å²) in [6.45, 7) is 3.85. The summed E-state index contributed by atoms with van der Waals surface area (Å²) in [5.74, 6) is -3.70. The normalized spacial score (nSPS) is 20.3. The van der Waals surface area contributed by atoms with Gasteiger partial charge in [0, 0.05) is 36.5 Å². The van der Waals surface area contributed by atoms with E-state index in [0.29, 0.717) is 6.07 Å². The van der Waals surface area contributed by atoms with Gasteiger partial charge in [0.25, 0.3) is 11.8 Å². The molecule has 164 valence electrons. The van der Waals surface area contributed by atoms with Gasteiger partial charge in [-0.1, -0.05) is 6.07 Å². The van der Waals surface area contributed by atoms with Gasteiger partial charge in [-0.05, 0) is 32.8 Å². The summed E-state index contributed by atoms with van der Waals surface area (Å²) in [5, 5.41) is 14.8. The van der Waals surface area contributed by atoms with E-state index in [2.05, 4.69) is 5.32 Å². The molecule has 0 spiro atoms. The minimum Gasteiger partial charge on any atom is -0.502 e. The number of nitrogens with zero attached hydrogens (tertiary/aromatic N) is 3. The third-order valence-electron chi connectivity index (χ3n) is 5.94. The smallest absolute Gasteiger partial charge is 0.278 e. The number of halogens is 2. The Hall–Kier alpha value is -3.43. The van der Waals surface area contributed by atoms with E-state index in [1.807, 2.05) is 18.9 Å². The average molecular weight is 432 g/mol. The zero-order chi connectivity index (χ0) is 22.4. The molecule has 0 aliphatic carbocycles. The number of hydrogen-bond acceptors (Lipinski definition) is 5. The first-order chi connectivity index (χ1) is 14.7. The van der Waals surface area contributed by atoms with Crippen LogP contribution in [0.5, 0.6) is 5.75 Å². The molecule has 8 nitrogen and oxygen atoms in total. The molecule has 2 N–H and O–H groups in total. The lowest BCUT2D eigenvalue weighted by molar-refractivity contribution is 0.0627. The summed E-state index contributed by atoms with van der Waals surface area (Å²) >= 11 is 0. The van der Waals surface area contributed by atoms with Crippen molar-refractivity contribution in [3.05, 3.63) is 63.1 Å². The molecule has 3 heterocycles. The molecule has 1 saturated heterocycles. The molecule has 1 aromatic carbocycles. The molecule has 4 rings (SSSR count). The van der Waals surface area contributed by atoms with E-state index < -0.39 is 34.6 Å². The van der Waals surface area contributed by atoms with Gasteiger partial charge in [0.2, 0.25) is 5.43 Å². The standard InChI is InChI=1S/C21H22F2N4O4/c1-11-3-4-12(2)27-10-25(11)21(31)17-19(29)18(28)15(9-26(17)27)20(30)24-8-13-5-6-14(22)7-16(13)23/h5-7,9,11-12,29H,3-4,8,10H2,1-2H3,(H,24,30)/t11-,12-/m1/s1. The Bertz CT molecular complexity index is 1130. The van der Waals surface area contributed by atoms with Crippen molar-refractivity contribution in [1.82, 2.24) is 14.9 Å². The summed E-state index contributed by atoms with van der Waals surface area (Å²) < 4.78 is 28.2. The Morgan fingerprint density at radius 2 is 1.90 bits per heavy atom. The largest absolute Gasteiger partial charge is 0.502 e. The van der Waals surface area contributed by atoms with E-state index >= 15 is 0 Å². The molecule has 0 saturated carbocycles. The summed E-state index contributed by atoms with van der Waals surface area (Å²) in [4.78, 5) is 39.9. The van der Waals surface area contributed by atoms with Gasteiger partial charge in [0.15, 0.2) is 11.4 Å². The van der Waals surface area contributed by atoms with Gasteiger partial charge in [-0.25, -0.2) is 8.78 Å². The number of pyridine rings is 1. The number of aromatic hydroxyl groups is 1. The molecule has 10 heteroatoms. The van der Waals surface area contributed by atoms with Crippen LogP contribution < -0.4 is 15.8 Å². The second kappa shape index (κ2) is 7.68. The van der Waals surface area contributed by atoms with Crippen LogP contribution in [0.15, 0.2) is 29.2 Å². The van der Waals surface area contributed by atoms with Crippen molar-refractivity contribution in [1.29, 1.82) is 0 Å². The Balaban J connectivity index is 1.69. The third kappa shape index (κ3) is 3.51. The maximum atomic E-state index is 13.8. The zero-order valence-corrected chi connectivity index (χ0v) is 17.1. The molecule has 1 fully saturated rings. The first kappa shape index (κ1) is 20.8. The highest BCUT2D eigenvalue weighted by Gasteiger charge is 2.39. The van der Waals surface area contributed by atoms with Crippen molar-refractivity contribution in [3.8, 4) is 5.75 Å². The van der Waals surface area contributed by atoms with Crippen LogP contribution in [-0.4, -0.2) is 45.2 Å². The van der Waals surface area contributed by atoms with Crippen LogP contribution in [0.3, 0.4) is 0 Å². The monoisotopic (exact) mass is 432 g/mol. The predicted octanol–water partition coefficient (Wildman–Crippen LogP) is 1.68. The van der Waals surface area contributed by atoms with Crippen molar-refractivity contribution < 1.29 is 23.5 Å². The number of fused-ring (bicyclic) bond motifs is 4. The fourth-order valence-electron chi connectivity index (χ4n) is 3.99. The Morgan fingerprint density at radius 1 is 1.19 bits per heavy atom. The summed E-state index contributed by atoms with van der Waals surface area (Å²) in [6, 6.07) is 2.88. The van der Waals surface area contributed by atoms with E-state index in [9.17, 15) is 28.3 Å². The fraction of sp³-hybridized carbons (Fsp3) is 0.381. The molecule has 2 aromatic rings. The summed E-state index contributed by atoms with van der Waals surface area (Å²) in [6.07, 6.45) is 2.78. The molecule has 2 bridgehead atoms. The second-order valence-electron chi connectivity index (χ2n) is 7.96. The van der Waals surface area contributed by atoms with Crippen molar-refractivity contribution in [3.63, 3.8) is 0 Å². The van der Waals surface area contributed by atoms with E-state index in [1.54, 1.807) is 4.90 Å². The van der Waals surface area contributed by atoms with Crippen LogP contribution in [0.4, 0.5) is 8.78 Å². The van der Waals surface area contributed by atoms with Crippen LogP contribution >= 0.6 is 0 Å². The van der Waals surface area contributed by atoms with Crippen molar-refractivity contribution in [2.45, 2.75) is 45.3 Å². The van der Waals surface area contributed by atoms with Crippen molar-refractivity contribution in [2.24, 2.45) is 0 Å². The number of nitrogens with one attached hydrogen (secondary N) is 1. The van der Waals surface area contributed by atoms with Gasteiger partial charge in [-0.3, -0.25) is 24.1 Å². The molecular weight excluding hydrogens is 410 g/mol. The highest BCUT2D eigenvalue weighted by Crippen LogP contribution is 2.28. The Labute approximate surface area is 176 Å². The average Bonchev–Trinajstić information content (AvgIpc) is 2.85. The minimum absolute atomic E-state index is 0.00887. The van der Waals surface area contributed by atoms with Crippen LogP contribution in [-0.2, 0) is 6.54 Å². The lowest BCUT2D eigenvalue weighted by Crippen LogP contribution is -2.57. The first-order valence-corrected chi connectivity index (χ1v) is 9.97. The van der Waals surface area contributed by atoms with E-state index in [-0.39, 0.29) is 42.1 Å². The summed E-state index contributed by atoms with van der Waals surface area (Å²) in [7, 11) is 0. The maximum Gasteiger partial charge on any atom is 0.278 e. The van der Waals surface area contributed by atoms with Gasteiger partial charge < -0.3 is 15.3 Å². The molecule has 2 aliphatic heterocycles. The van der Waals surface area contributed by atoms with E-state index in [4.69, 9.17) is 0 Å². The third-order valence-corrected chi connectivity index (χ3v) is 5.94. The van der Waals surface area contributed by atoms with Gasteiger partial charge in [-0.15, -0.1) is 0 Å². The van der Waals surface area contributed by atoms with Gasteiger partial charge in [0.05, 0.1) is 0 Å². The molecule has 0 radical (unpaired) electrons. The summed E-state index contributed by atoms with van der Waals surface area (Å²) in [5.41, 5.74) is -1.51. The van der Waals surface area contributed by atoms with Crippen LogP contribution in [0.2, 0.25) is 0 Å². The fourth-order valence-corrected chi connectivity index (χ4v) is 3.99. The lowest BCUT2D eigenvalue weighted by atomic mass is 10.1. The molecule has 1 aromatic heterocycles. The van der Waals surface area contributed by atoms with Crippen LogP contribution in [0, 0.1) is 11.6 Å². The highest BCUT2D eigenvalue weighted by molar-refractivity contribution is 5.99. The van der Waals surface area contributed by atoms with Crippen molar-refractivity contribution >= 4 is 11.8 Å². The number of carbonyl (C=O) groups excluding carboxylic acids is 2.